The van der Waals surface area contributed by atoms with Gasteiger partial charge in [0.05, 0.1) is 11.8 Å². The molecule has 0 aliphatic rings. The van der Waals surface area contributed by atoms with Crippen LogP contribution in [0.15, 0.2) is 16.7 Å². The van der Waals surface area contributed by atoms with Crippen LogP contribution in [-0.4, -0.2) is 19.0 Å². The Kier molecular flexibility index (Phi) is 6.50. The predicted octanol–water partition coefficient (Wildman–Crippen LogP) is 2.34. The van der Waals surface area contributed by atoms with E-state index in [-0.39, 0.29) is 5.91 Å². The maximum Gasteiger partial charge on any atom is 0.254 e. The molecule has 1 aromatic heterocycles. The third-order valence-corrected chi connectivity index (χ3v) is 3.13. The molecule has 1 heterocycles. The number of hydrogen-bond acceptors (Lipinski definition) is 3. The molecule has 0 fully saturated rings. The standard InChI is InChI=1S/C14H24N2O2/c1-3-5-11(6-8-15)10-16-14(17)12-7-9-18-13(12)4-2/h7,9,11H,3-6,8,10,15H2,1-2H3,(H,16,17). The van der Waals surface area contributed by atoms with Crippen LogP contribution in [0.3, 0.4) is 0 Å². The summed E-state index contributed by atoms with van der Waals surface area (Å²) in [5.41, 5.74) is 6.23. The molecule has 1 aromatic rings. The SMILES string of the molecule is CCCC(CCN)CNC(=O)c1ccoc1CC. The van der Waals surface area contributed by atoms with Crippen LogP contribution < -0.4 is 11.1 Å². The topological polar surface area (TPSA) is 68.3 Å². The number of rotatable bonds is 8. The smallest absolute Gasteiger partial charge is 0.254 e. The lowest BCUT2D eigenvalue weighted by molar-refractivity contribution is 0.0943. The van der Waals surface area contributed by atoms with E-state index < -0.39 is 0 Å². The molecule has 0 bridgehead atoms. The van der Waals surface area contributed by atoms with Gasteiger partial charge in [-0.25, -0.2) is 0 Å². The molecule has 0 saturated heterocycles. The van der Waals surface area contributed by atoms with Crippen molar-refractivity contribution in [3.05, 3.63) is 23.7 Å². The largest absolute Gasteiger partial charge is 0.469 e. The maximum absolute atomic E-state index is 12.0. The van der Waals surface area contributed by atoms with Gasteiger partial charge < -0.3 is 15.5 Å². The van der Waals surface area contributed by atoms with Crippen molar-refractivity contribution in [2.75, 3.05) is 13.1 Å². The molecule has 0 aliphatic heterocycles. The normalized spacial score (nSPS) is 12.4. The second kappa shape index (κ2) is 7.93. The molecular formula is C14H24N2O2. The fourth-order valence-electron chi connectivity index (χ4n) is 2.14. The Morgan fingerprint density at radius 1 is 1.44 bits per heavy atom. The lowest BCUT2D eigenvalue weighted by atomic mass is 10.00. The fourth-order valence-corrected chi connectivity index (χ4v) is 2.14. The average Bonchev–Trinajstić information content (AvgIpc) is 2.84. The highest BCUT2D eigenvalue weighted by Gasteiger charge is 2.14. The van der Waals surface area contributed by atoms with Gasteiger partial charge in [0.1, 0.15) is 5.76 Å². The van der Waals surface area contributed by atoms with Gasteiger partial charge in [0, 0.05) is 13.0 Å². The zero-order chi connectivity index (χ0) is 13.4. The zero-order valence-electron chi connectivity index (χ0n) is 11.4. The minimum absolute atomic E-state index is 0.0428. The van der Waals surface area contributed by atoms with E-state index in [2.05, 4.69) is 12.2 Å². The van der Waals surface area contributed by atoms with Crippen LogP contribution in [0.4, 0.5) is 0 Å². The number of amides is 1. The van der Waals surface area contributed by atoms with Crippen LogP contribution in [0.1, 0.15) is 49.2 Å². The van der Waals surface area contributed by atoms with E-state index in [1.807, 2.05) is 6.92 Å². The van der Waals surface area contributed by atoms with Crippen LogP contribution >= 0.6 is 0 Å². The molecule has 1 rings (SSSR count). The second-order valence-corrected chi connectivity index (χ2v) is 4.55. The Morgan fingerprint density at radius 3 is 2.83 bits per heavy atom. The lowest BCUT2D eigenvalue weighted by Crippen LogP contribution is -2.30. The number of furan rings is 1. The van der Waals surface area contributed by atoms with Gasteiger partial charge >= 0.3 is 0 Å². The van der Waals surface area contributed by atoms with Gasteiger partial charge in [-0.1, -0.05) is 20.3 Å². The third-order valence-electron chi connectivity index (χ3n) is 3.13. The van der Waals surface area contributed by atoms with Gasteiger partial charge in [-0.15, -0.1) is 0 Å². The molecule has 0 radical (unpaired) electrons. The Balaban J connectivity index is 2.49. The molecule has 102 valence electrons. The molecule has 4 heteroatoms. The number of hydrogen-bond donors (Lipinski definition) is 2. The molecule has 18 heavy (non-hydrogen) atoms. The number of carbonyl (C=O) groups excluding carboxylic acids is 1. The van der Waals surface area contributed by atoms with E-state index in [1.54, 1.807) is 12.3 Å². The highest BCUT2D eigenvalue weighted by atomic mass is 16.3. The fraction of sp³-hybridized carbons (Fsp3) is 0.643. The van der Waals surface area contributed by atoms with Crippen molar-refractivity contribution in [3.8, 4) is 0 Å². The first-order valence-corrected chi connectivity index (χ1v) is 6.77. The zero-order valence-corrected chi connectivity index (χ0v) is 11.4. The summed E-state index contributed by atoms with van der Waals surface area (Å²) in [6.45, 7) is 5.49. The van der Waals surface area contributed by atoms with Crippen molar-refractivity contribution in [1.82, 2.24) is 5.32 Å². The number of nitrogens with two attached hydrogens (primary N) is 1. The van der Waals surface area contributed by atoms with Crippen LogP contribution in [0.2, 0.25) is 0 Å². The molecule has 1 unspecified atom stereocenters. The van der Waals surface area contributed by atoms with E-state index in [0.29, 0.717) is 24.6 Å². The van der Waals surface area contributed by atoms with E-state index >= 15 is 0 Å². The van der Waals surface area contributed by atoms with Crippen molar-refractivity contribution >= 4 is 5.91 Å². The van der Waals surface area contributed by atoms with Gasteiger partial charge in [-0.3, -0.25) is 4.79 Å². The van der Waals surface area contributed by atoms with Crippen molar-refractivity contribution in [2.45, 2.75) is 39.5 Å². The predicted molar refractivity (Wildman–Crippen MR) is 72.5 cm³/mol. The second-order valence-electron chi connectivity index (χ2n) is 4.55. The Bertz CT molecular complexity index is 354. The highest BCUT2D eigenvalue weighted by Crippen LogP contribution is 2.12. The number of nitrogens with one attached hydrogen (secondary N) is 1. The summed E-state index contributed by atoms with van der Waals surface area (Å²) in [5.74, 6) is 1.18. The summed E-state index contributed by atoms with van der Waals surface area (Å²) in [6.07, 6.45) is 5.48. The molecule has 0 spiro atoms. The maximum atomic E-state index is 12.0. The minimum atomic E-state index is -0.0428. The molecule has 1 amide bonds. The molecule has 0 saturated carbocycles. The van der Waals surface area contributed by atoms with E-state index in [1.165, 1.54) is 0 Å². The highest BCUT2D eigenvalue weighted by molar-refractivity contribution is 5.95. The quantitative estimate of drug-likeness (QED) is 0.746. The van der Waals surface area contributed by atoms with Crippen LogP contribution in [0, 0.1) is 5.92 Å². The van der Waals surface area contributed by atoms with Crippen LogP contribution in [-0.2, 0) is 6.42 Å². The molecule has 3 N–H and O–H groups in total. The summed E-state index contributed by atoms with van der Waals surface area (Å²) in [6, 6.07) is 1.73. The van der Waals surface area contributed by atoms with E-state index in [4.69, 9.17) is 10.2 Å². The van der Waals surface area contributed by atoms with Gasteiger partial charge in [-0.2, -0.15) is 0 Å². The van der Waals surface area contributed by atoms with Crippen LogP contribution in [0.5, 0.6) is 0 Å². The Morgan fingerprint density at radius 2 is 2.22 bits per heavy atom. The monoisotopic (exact) mass is 252 g/mol. The van der Waals surface area contributed by atoms with Gasteiger partial charge in [-0.05, 0) is 31.4 Å². The molecule has 0 aliphatic carbocycles. The molecule has 0 aromatic carbocycles. The summed E-state index contributed by atoms with van der Waals surface area (Å²) < 4.78 is 5.26. The van der Waals surface area contributed by atoms with Gasteiger partial charge in [0.2, 0.25) is 0 Å². The Hall–Kier alpha value is -1.29. The summed E-state index contributed by atoms with van der Waals surface area (Å²) in [7, 11) is 0. The van der Waals surface area contributed by atoms with Crippen molar-refractivity contribution in [1.29, 1.82) is 0 Å². The first-order chi connectivity index (χ1) is 8.72. The number of aryl methyl sites for hydroxylation is 1. The van der Waals surface area contributed by atoms with Gasteiger partial charge in [0.25, 0.3) is 5.91 Å². The third kappa shape index (κ3) is 4.18. The summed E-state index contributed by atoms with van der Waals surface area (Å²) in [4.78, 5) is 12.0. The van der Waals surface area contributed by atoms with E-state index in [9.17, 15) is 4.79 Å². The summed E-state index contributed by atoms with van der Waals surface area (Å²) >= 11 is 0. The van der Waals surface area contributed by atoms with Crippen molar-refractivity contribution in [2.24, 2.45) is 11.7 Å². The number of carbonyl (C=O) groups is 1. The van der Waals surface area contributed by atoms with Crippen molar-refractivity contribution < 1.29 is 9.21 Å². The summed E-state index contributed by atoms with van der Waals surface area (Å²) in [5, 5.41) is 2.98. The Labute approximate surface area is 109 Å². The van der Waals surface area contributed by atoms with Gasteiger partial charge in [0.15, 0.2) is 0 Å². The first kappa shape index (κ1) is 14.8. The first-order valence-electron chi connectivity index (χ1n) is 6.77. The van der Waals surface area contributed by atoms with E-state index in [0.717, 1.165) is 31.4 Å². The average molecular weight is 252 g/mol. The lowest BCUT2D eigenvalue weighted by Gasteiger charge is -2.15. The van der Waals surface area contributed by atoms with Crippen molar-refractivity contribution in [3.63, 3.8) is 0 Å². The molecule has 4 nitrogen and oxygen atoms in total. The molecular weight excluding hydrogens is 228 g/mol. The van der Waals surface area contributed by atoms with Crippen LogP contribution in [0.25, 0.3) is 0 Å². The minimum Gasteiger partial charge on any atom is -0.469 e. The molecule has 1 atom stereocenters.